The van der Waals surface area contributed by atoms with Crippen molar-refractivity contribution in [1.29, 1.82) is 0 Å². The van der Waals surface area contributed by atoms with Crippen LogP contribution in [0.4, 0.5) is 0 Å². The molecule has 0 amide bonds. The van der Waals surface area contributed by atoms with E-state index in [4.69, 9.17) is 18.6 Å². The standard InChI is InChI=1S/C31H37N3O6Si/c1-5-37-30-26(33-34-32)28(40-29(36)22-15-9-6-10-16-22)27(35)25(39-30)21-38-41(31(2,3)4,23-17-11-7-12-18-23)24-19-13-8-14-20-24/h6-20,25-28,30,35H,5,21H2,1-4H3/t25?,26?,27-,28+,30?/m0/s1. The van der Waals surface area contributed by atoms with Gasteiger partial charge in [0.05, 0.1) is 12.2 Å². The zero-order chi connectivity index (χ0) is 29.5. The highest BCUT2D eigenvalue weighted by molar-refractivity contribution is 6.99. The SMILES string of the molecule is CCOC1OC(CO[Si](c2ccccc2)(c2ccccc2)C(C)(C)C)[C@H](O)[C@H](OC(=O)c2ccccc2)C1N=[N+]=[N-]. The van der Waals surface area contributed by atoms with Gasteiger partial charge in [-0.15, -0.1) is 0 Å². The van der Waals surface area contributed by atoms with Gasteiger partial charge in [0, 0.05) is 11.5 Å². The van der Waals surface area contributed by atoms with Gasteiger partial charge in [-0.25, -0.2) is 4.79 Å². The third-order valence-corrected chi connectivity index (χ3v) is 12.3. The summed E-state index contributed by atoms with van der Waals surface area (Å²) in [4.78, 5) is 15.9. The van der Waals surface area contributed by atoms with Crippen LogP contribution < -0.4 is 10.4 Å². The van der Waals surface area contributed by atoms with Crippen molar-refractivity contribution >= 4 is 24.7 Å². The van der Waals surface area contributed by atoms with Crippen LogP contribution in [0.3, 0.4) is 0 Å². The van der Waals surface area contributed by atoms with Crippen LogP contribution in [0.25, 0.3) is 10.4 Å². The Hall–Kier alpha value is -3.50. The number of rotatable bonds is 10. The van der Waals surface area contributed by atoms with Gasteiger partial charge in [-0.05, 0) is 40.0 Å². The third-order valence-electron chi connectivity index (χ3n) is 7.29. The summed E-state index contributed by atoms with van der Waals surface area (Å²) in [5.74, 6) is -0.656. The van der Waals surface area contributed by atoms with E-state index in [0.29, 0.717) is 5.56 Å². The average molecular weight is 576 g/mol. The van der Waals surface area contributed by atoms with E-state index in [0.717, 1.165) is 10.4 Å². The molecule has 1 aliphatic rings. The lowest BCUT2D eigenvalue weighted by atomic mass is 9.97. The van der Waals surface area contributed by atoms with E-state index in [-0.39, 0.29) is 18.3 Å². The maximum atomic E-state index is 13.0. The monoisotopic (exact) mass is 575 g/mol. The second-order valence-corrected chi connectivity index (χ2v) is 15.2. The lowest BCUT2D eigenvalue weighted by Crippen LogP contribution is -2.68. The number of hydrogen-bond donors (Lipinski definition) is 1. The summed E-state index contributed by atoms with van der Waals surface area (Å²) in [5, 5.41) is 17.2. The highest BCUT2D eigenvalue weighted by atomic mass is 28.4. The molecular formula is C31H37N3O6Si. The smallest absolute Gasteiger partial charge is 0.338 e. The molecule has 0 bridgehead atoms. The summed E-state index contributed by atoms with van der Waals surface area (Å²) in [5.41, 5.74) is 9.59. The van der Waals surface area contributed by atoms with E-state index < -0.39 is 44.9 Å². The molecule has 0 saturated carbocycles. The first-order chi connectivity index (χ1) is 19.7. The predicted octanol–water partition coefficient (Wildman–Crippen LogP) is 4.59. The van der Waals surface area contributed by atoms with Gasteiger partial charge in [-0.3, -0.25) is 0 Å². The van der Waals surface area contributed by atoms with Crippen LogP contribution in [0.1, 0.15) is 38.1 Å². The number of hydrogen-bond acceptors (Lipinski definition) is 7. The van der Waals surface area contributed by atoms with E-state index in [1.807, 2.05) is 36.4 Å². The lowest BCUT2D eigenvalue weighted by Gasteiger charge is -2.46. The quantitative estimate of drug-likeness (QED) is 0.124. The van der Waals surface area contributed by atoms with Gasteiger partial charge in [0.15, 0.2) is 6.29 Å². The Morgan fingerprint density at radius 1 is 0.976 bits per heavy atom. The minimum absolute atomic E-state index is 0.0135. The number of azide groups is 1. The summed E-state index contributed by atoms with van der Waals surface area (Å²) in [6.45, 7) is 8.48. The normalized spacial score (nSPS) is 22.9. The van der Waals surface area contributed by atoms with Crippen molar-refractivity contribution in [3.05, 3.63) is 107 Å². The highest BCUT2D eigenvalue weighted by Gasteiger charge is 2.53. The van der Waals surface area contributed by atoms with Crippen molar-refractivity contribution in [2.45, 2.75) is 63.4 Å². The number of carbonyl (C=O) groups is 1. The molecule has 3 aromatic rings. The number of benzene rings is 3. The molecule has 5 atom stereocenters. The minimum atomic E-state index is -2.96. The van der Waals surface area contributed by atoms with Crippen LogP contribution in [0.15, 0.2) is 96.1 Å². The van der Waals surface area contributed by atoms with E-state index in [2.05, 4.69) is 55.1 Å². The summed E-state index contributed by atoms with van der Waals surface area (Å²) < 4.78 is 24.7. The first-order valence-corrected chi connectivity index (χ1v) is 15.6. The Kier molecular flexibility index (Phi) is 9.98. The lowest BCUT2D eigenvalue weighted by molar-refractivity contribution is -0.262. The van der Waals surface area contributed by atoms with Crippen LogP contribution in [-0.4, -0.2) is 63.3 Å². The second kappa shape index (κ2) is 13.4. The Morgan fingerprint density at radius 2 is 1.51 bits per heavy atom. The van der Waals surface area contributed by atoms with Crippen molar-refractivity contribution in [1.82, 2.24) is 0 Å². The molecule has 1 aliphatic heterocycles. The van der Waals surface area contributed by atoms with Crippen LogP contribution in [-0.2, 0) is 18.6 Å². The number of esters is 1. The fraction of sp³-hybridized carbons (Fsp3) is 0.387. The fourth-order valence-corrected chi connectivity index (χ4v) is 9.97. The molecule has 9 nitrogen and oxygen atoms in total. The van der Waals surface area contributed by atoms with Crippen LogP contribution in [0, 0.1) is 0 Å². The Labute approximate surface area is 241 Å². The van der Waals surface area contributed by atoms with E-state index in [1.54, 1.807) is 37.3 Å². The molecule has 4 rings (SSSR count). The molecule has 0 aromatic heterocycles. The van der Waals surface area contributed by atoms with Crippen molar-refractivity contribution < 1.29 is 28.5 Å². The Balaban J connectivity index is 1.70. The molecule has 3 aromatic carbocycles. The summed E-state index contributed by atoms with van der Waals surface area (Å²) in [6, 6.07) is 27.6. The second-order valence-electron chi connectivity index (χ2n) is 10.9. The van der Waals surface area contributed by atoms with E-state index >= 15 is 0 Å². The minimum Gasteiger partial charge on any atom is -0.455 e. The summed E-state index contributed by atoms with van der Waals surface area (Å²) in [6.07, 6.45) is -4.57. The van der Waals surface area contributed by atoms with Gasteiger partial charge < -0.3 is 23.7 Å². The molecular weight excluding hydrogens is 538 g/mol. The summed E-state index contributed by atoms with van der Waals surface area (Å²) in [7, 11) is -2.96. The largest absolute Gasteiger partial charge is 0.455 e. The van der Waals surface area contributed by atoms with Crippen molar-refractivity contribution in [2.24, 2.45) is 5.11 Å². The third kappa shape index (κ3) is 6.54. The van der Waals surface area contributed by atoms with Crippen molar-refractivity contribution in [3.63, 3.8) is 0 Å². The van der Waals surface area contributed by atoms with Gasteiger partial charge in [0.2, 0.25) is 0 Å². The fourth-order valence-electron chi connectivity index (χ4n) is 5.40. The number of aliphatic hydroxyl groups is 1. The summed E-state index contributed by atoms with van der Waals surface area (Å²) >= 11 is 0. The van der Waals surface area contributed by atoms with E-state index in [1.165, 1.54) is 0 Å². The first-order valence-electron chi connectivity index (χ1n) is 13.7. The molecule has 3 unspecified atom stereocenters. The molecule has 1 N–H and O–H groups in total. The predicted molar refractivity (Wildman–Crippen MR) is 158 cm³/mol. The number of aliphatic hydroxyl groups excluding tert-OH is 1. The first kappa shape index (κ1) is 30.5. The number of carbonyl (C=O) groups excluding carboxylic acids is 1. The zero-order valence-corrected chi connectivity index (χ0v) is 24.8. The van der Waals surface area contributed by atoms with Gasteiger partial charge in [0.1, 0.15) is 24.4 Å². The Bertz CT molecular complexity index is 1280. The maximum Gasteiger partial charge on any atom is 0.338 e. The average Bonchev–Trinajstić information content (AvgIpc) is 2.98. The zero-order valence-electron chi connectivity index (χ0n) is 23.8. The molecule has 0 spiro atoms. The molecule has 41 heavy (non-hydrogen) atoms. The number of ether oxygens (including phenoxy) is 3. The van der Waals surface area contributed by atoms with Crippen LogP contribution in [0.2, 0.25) is 5.04 Å². The van der Waals surface area contributed by atoms with Gasteiger partial charge >= 0.3 is 5.97 Å². The van der Waals surface area contributed by atoms with E-state index in [9.17, 15) is 15.4 Å². The van der Waals surface area contributed by atoms with Crippen molar-refractivity contribution in [2.75, 3.05) is 13.2 Å². The van der Waals surface area contributed by atoms with Crippen LogP contribution >= 0.6 is 0 Å². The molecule has 1 saturated heterocycles. The molecule has 10 heteroatoms. The molecule has 0 aliphatic carbocycles. The Morgan fingerprint density at radius 3 is 2.00 bits per heavy atom. The topological polar surface area (TPSA) is 123 Å². The molecule has 1 heterocycles. The van der Waals surface area contributed by atoms with Crippen molar-refractivity contribution in [3.8, 4) is 0 Å². The maximum absolute atomic E-state index is 13.0. The van der Waals surface area contributed by atoms with Gasteiger partial charge in [-0.2, -0.15) is 0 Å². The molecule has 0 radical (unpaired) electrons. The van der Waals surface area contributed by atoms with Crippen LogP contribution in [0.5, 0.6) is 0 Å². The highest BCUT2D eigenvalue weighted by Crippen LogP contribution is 2.38. The van der Waals surface area contributed by atoms with Gasteiger partial charge in [0.25, 0.3) is 8.32 Å². The molecule has 216 valence electrons. The number of nitrogens with zero attached hydrogens (tertiary/aromatic N) is 3. The molecule has 1 fully saturated rings. The van der Waals surface area contributed by atoms with Gasteiger partial charge in [-0.1, -0.05) is 105 Å².